The average Bonchev–Trinajstić information content (AvgIpc) is 2.81. The number of benzene rings is 1. The minimum absolute atomic E-state index is 0.488. The minimum atomic E-state index is 0.488. The predicted molar refractivity (Wildman–Crippen MR) is 74.4 cm³/mol. The van der Waals surface area contributed by atoms with Crippen LogP contribution in [0.1, 0.15) is 36.6 Å². The lowest BCUT2D eigenvalue weighted by atomic mass is 10.1. The maximum atomic E-state index is 6.03. The Kier molecular flexibility index (Phi) is 4.02. The largest absolute Gasteiger partial charge is 0.217 e. The molecule has 0 saturated carbocycles. The first-order valence-corrected chi connectivity index (χ1v) is 6.83. The van der Waals surface area contributed by atoms with Crippen LogP contribution in [0.3, 0.4) is 0 Å². The quantitative estimate of drug-likeness (QED) is 0.791. The normalized spacial score (nSPS) is 10.9. The third-order valence-electron chi connectivity index (χ3n) is 2.96. The summed E-state index contributed by atoms with van der Waals surface area (Å²) in [6.07, 6.45) is 1.71. The fourth-order valence-electron chi connectivity index (χ4n) is 1.99. The second kappa shape index (κ2) is 5.53. The van der Waals surface area contributed by atoms with Gasteiger partial charge in [-0.1, -0.05) is 31.5 Å². The van der Waals surface area contributed by atoms with Crippen LogP contribution >= 0.6 is 11.6 Å². The molecule has 2 aromatic rings. The molecule has 0 fully saturated rings. The molecule has 0 radical (unpaired) electrons. The molecule has 0 unspecified atom stereocenters. The first kappa shape index (κ1) is 13.1. The van der Waals surface area contributed by atoms with Crippen LogP contribution in [0, 0.1) is 6.92 Å². The second-order valence-corrected chi connectivity index (χ2v) is 4.60. The zero-order valence-electron chi connectivity index (χ0n) is 11.1. The Hall–Kier alpha value is -1.35. The number of hydrogen-bond acceptors (Lipinski definition) is 2. The summed E-state index contributed by atoms with van der Waals surface area (Å²) in [5.41, 5.74) is 3.35. The molecule has 2 rings (SSSR count). The Morgan fingerprint density at radius 2 is 2.00 bits per heavy atom. The van der Waals surface area contributed by atoms with Crippen molar-refractivity contribution >= 4 is 11.6 Å². The molecule has 96 valence electrons. The van der Waals surface area contributed by atoms with Gasteiger partial charge in [0.1, 0.15) is 5.82 Å². The molecule has 3 nitrogen and oxygen atoms in total. The van der Waals surface area contributed by atoms with Gasteiger partial charge in [0.25, 0.3) is 0 Å². The van der Waals surface area contributed by atoms with Crippen LogP contribution in [0.15, 0.2) is 18.2 Å². The van der Waals surface area contributed by atoms with Crippen molar-refractivity contribution < 1.29 is 0 Å². The van der Waals surface area contributed by atoms with Crippen LogP contribution in [-0.4, -0.2) is 14.8 Å². The Labute approximate surface area is 113 Å². The standard InChI is InChI=1S/C14H18ClN3/c1-4-13-16-14(5-2)18(17-13)12-7-6-10(3)8-11(12)9-15/h6-8H,4-5,9H2,1-3H3. The van der Waals surface area contributed by atoms with Crippen molar-refractivity contribution in [3.05, 3.63) is 41.0 Å². The summed E-state index contributed by atoms with van der Waals surface area (Å²) < 4.78 is 1.93. The Morgan fingerprint density at radius 1 is 1.22 bits per heavy atom. The summed E-state index contributed by atoms with van der Waals surface area (Å²) >= 11 is 6.03. The maximum absolute atomic E-state index is 6.03. The van der Waals surface area contributed by atoms with Crippen LogP contribution in [0.2, 0.25) is 0 Å². The zero-order valence-corrected chi connectivity index (χ0v) is 11.8. The van der Waals surface area contributed by atoms with E-state index in [1.54, 1.807) is 0 Å². The Bertz CT molecular complexity index is 546. The van der Waals surface area contributed by atoms with Gasteiger partial charge in [-0.05, 0) is 18.6 Å². The van der Waals surface area contributed by atoms with E-state index in [-0.39, 0.29) is 0 Å². The van der Waals surface area contributed by atoms with E-state index in [9.17, 15) is 0 Å². The molecule has 18 heavy (non-hydrogen) atoms. The van der Waals surface area contributed by atoms with E-state index in [0.717, 1.165) is 35.7 Å². The van der Waals surface area contributed by atoms with Crippen LogP contribution in [0.4, 0.5) is 0 Å². The van der Waals surface area contributed by atoms with E-state index in [0.29, 0.717) is 5.88 Å². The van der Waals surface area contributed by atoms with Gasteiger partial charge in [0.15, 0.2) is 5.82 Å². The van der Waals surface area contributed by atoms with Crippen molar-refractivity contribution in [2.45, 2.75) is 39.5 Å². The lowest BCUT2D eigenvalue weighted by Crippen LogP contribution is -2.05. The maximum Gasteiger partial charge on any atom is 0.151 e. The summed E-state index contributed by atoms with van der Waals surface area (Å²) in [5.74, 6) is 2.36. The molecule has 0 saturated heterocycles. The van der Waals surface area contributed by atoms with Gasteiger partial charge in [-0.3, -0.25) is 0 Å². The summed E-state index contributed by atoms with van der Waals surface area (Å²) in [5, 5.41) is 4.55. The van der Waals surface area contributed by atoms with Crippen molar-refractivity contribution in [1.82, 2.24) is 14.8 Å². The topological polar surface area (TPSA) is 30.7 Å². The van der Waals surface area contributed by atoms with Crippen LogP contribution in [-0.2, 0) is 18.7 Å². The van der Waals surface area contributed by atoms with E-state index < -0.39 is 0 Å². The lowest BCUT2D eigenvalue weighted by Gasteiger charge is -2.10. The van der Waals surface area contributed by atoms with Crippen molar-refractivity contribution in [2.24, 2.45) is 0 Å². The number of nitrogens with zero attached hydrogens (tertiary/aromatic N) is 3. The highest BCUT2D eigenvalue weighted by atomic mass is 35.5. The highest BCUT2D eigenvalue weighted by Crippen LogP contribution is 2.19. The van der Waals surface area contributed by atoms with Crippen LogP contribution < -0.4 is 0 Å². The molecule has 0 aliphatic heterocycles. The van der Waals surface area contributed by atoms with Crippen molar-refractivity contribution in [2.75, 3.05) is 0 Å². The molecule has 0 N–H and O–H groups in total. The summed E-state index contributed by atoms with van der Waals surface area (Å²) in [4.78, 5) is 4.53. The van der Waals surface area contributed by atoms with Crippen molar-refractivity contribution in [1.29, 1.82) is 0 Å². The molecule has 0 bridgehead atoms. The van der Waals surface area contributed by atoms with E-state index in [1.165, 1.54) is 5.56 Å². The highest BCUT2D eigenvalue weighted by molar-refractivity contribution is 6.17. The van der Waals surface area contributed by atoms with Gasteiger partial charge in [-0.25, -0.2) is 9.67 Å². The lowest BCUT2D eigenvalue weighted by molar-refractivity contribution is 0.785. The monoisotopic (exact) mass is 263 g/mol. The summed E-state index contributed by atoms with van der Waals surface area (Å²) in [6, 6.07) is 6.26. The van der Waals surface area contributed by atoms with Gasteiger partial charge in [0, 0.05) is 18.7 Å². The molecule has 4 heteroatoms. The average molecular weight is 264 g/mol. The first-order chi connectivity index (χ1) is 8.69. The van der Waals surface area contributed by atoms with E-state index in [1.807, 2.05) is 4.68 Å². The highest BCUT2D eigenvalue weighted by Gasteiger charge is 2.12. The third-order valence-corrected chi connectivity index (χ3v) is 3.25. The number of aromatic nitrogens is 3. The molecule has 0 atom stereocenters. The molecule has 1 heterocycles. The van der Waals surface area contributed by atoms with E-state index >= 15 is 0 Å². The Morgan fingerprint density at radius 3 is 2.61 bits per heavy atom. The second-order valence-electron chi connectivity index (χ2n) is 4.33. The molecular weight excluding hydrogens is 246 g/mol. The summed E-state index contributed by atoms with van der Waals surface area (Å²) in [7, 11) is 0. The van der Waals surface area contributed by atoms with Gasteiger partial charge < -0.3 is 0 Å². The first-order valence-electron chi connectivity index (χ1n) is 6.30. The van der Waals surface area contributed by atoms with Gasteiger partial charge >= 0.3 is 0 Å². The number of rotatable bonds is 4. The van der Waals surface area contributed by atoms with Gasteiger partial charge in [-0.15, -0.1) is 11.6 Å². The van der Waals surface area contributed by atoms with Gasteiger partial charge in [0.05, 0.1) is 5.69 Å². The number of alkyl halides is 1. The SMILES string of the molecule is CCc1nc(CC)n(-c2ccc(C)cc2CCl)n1. The molecule has 1 aromatic heterocycles. The molecule has 1 aromatic carbocycles. The predicted octanol–water partition coefficient (Wildman–Crippen LogP) is 3.44. The third kappa shape index (κ3) is 2.41. The van der Waals surface area contributed by atoms with Gasteiger partial charge in [-0.2, -0.15) is 5.10 Å². The van der Waals surface area contributed by atoms with Crippen LogP contribution in [0.5, 0.6) is 0 Å². The van der Waals surface area contributed by atoms with Crippen molar-refractivity contribution in [3.63, 3.8) is 0 Å². The van der Waals surface area contributed by atoms with Gasteiger partial charge in [0.2, 0.25) is 0 Å². The Balaban J connectivity index is 2.56. The minimum Gasteiger partial charge on any atom is -0.217 e. The van der Waals surface area contributed by atoms with Crippen molar-refractivity contribution in [3.8, 4) is 5.69 Å². The molecule has 0 aliphatic carbocycles. The zero-order chi connectivity index (χ0) is 13.1. The van der Waals surface area contributed by atoms with E-state index in [4.69, 9.17) is 11.6 Å². The smallest absolute Gasteiger partial charge is 0.151 e. The summed E-state index contributed by atoms with van der Waals surface area (Å²) in [6.45, 7) is 6.23. The number of aryl methyl sites for hydroxylation is 3. The molecule has 0 amide bonds. The molecule has 0 spiro atoms. The molecule has 0 aliphatic rings. The fraction of sp³-hybridized carbons (Fsp3) is 0.429. The number of halogens is 1. The van der Waals surface area contributed by atoms with Crippen LogP contribution in [0.25, 0.3) is 5.69 Å². The number of hydrogen-bond donors (Lipinski definition) is 0. The molecular formula is C14H18ClN3. The van der Waals surface area contributed by atoms with E-state index in [2.05, 4.69) is 49.1 Å². The fourth-order valence-corrected chi connectivity index (χ4v) is 2.21.